The summed E-state index contributed by atoms with van der Waals surface area (Å²) in [4.78, 5) is 27.4. The average molecular weight is 538 g/mol. The minimum absolute atomic E-state index is 0.0152. The molecule has 2 heterocycles. The Balaban J connectivity index is 1.50. The first-order chi connectivity index (χ1) is 17.9. The van der Waals surface area contributed by atoms with Crippen molar-refractivity contribution in [1.82, 2.24) is 20.4 Å². The van der Waals surface area contributed by atoms with Crippen molar-refractivity contribution in [1.29, 1.82) is 0 Å². The Hall–Kier alpha value is -3.83. The topological polar surface area (TPSA) is 78.1 Å². The molecule has 1 unspecified atom stereocenters. The van der Waals surface area contributed by atoms with Gasteiger partial charge in [0.1, 0.15) is 0 Å². The number of aromatic amines is 1. The number of hydrogen-bond acceptors (Lipinski definition) is 3. The number of aromatic nitrogens is 2. The molecule has 1 atom stereocenters. The molecule has 0 saturated heterocycles. The third-order valence-corrected chi connectivity index (χ3v) is 6.50. The van der Waals surface area contributed by atoms with Crippen LogP contribution in [0.4, 0.5) is 26.3 Å². The van der Waals surface area contributed by atoms with E-state index in [0.29, 0.717) is 24.1 Å². The summed E-state index contributed by atoms with van der Waals surface area (Å²) >= 11 is 0. The second-order valence-electron chi connectivity index (χ2n) is 8.98. The molecule has 202 valence electrons. The molecular formula is C26H24F6N4O2. The minimum atomic E-state index is -4.60. The van der Waals surface area contributed by atoms with Crippen LogP contribution in [0.25, 0.3) is 0 Å². The van der Waals surface area contributed by atoms with Crippen molar-refractivity contribution in [3.63, 3.8) is 0 Å². The van der Waals surface area contributed by atoms with Crippen molar-refractivity contribution < 1.29 is 35.9 Å². The van der Waals surface area contributed by atoms with Gasteiger partial charge in [-0.15, -0.1) is 0 Å². The molecule has 1 aromatic heterocycles. The van der Waals surface area contributed by atoms with Gasteiger partial charge in [0, 0.05) is 30.8 Å². The molecule has 12 heteroatoms. The van der Waals surface area contributed by atoms with Gasteiger partial charge in [0.05, 0.1) is 23.6 Å². The van der Waals surface area contributed by atoms with Gasteiger partial charge >= 0.3 is 12.4 Å². The maximum absolute atomic E-state index is 13.3. The van der Waals surface area contributed by atoms with Crippen LogP contribution >= 0.6 is 0 Å². The Bertz CT molecular complexity index is 1330. The summed E-state index contributed by atoms with van der Waals surface area (Å²) in [6.45, 7) is 1.90. The highest BCUT2D eigenvalue weighted by Crippen LogP contribution is 2.33. The van der Waals surface area contributed by atoms with E-state index < -0.39 is 47.8 Å². The predicted octanol–water partition coefficient (Wildman–Crippen LogP) is 5.46. The van der Waals surface area contributed by atoms with Crippen LogP contribution in [-0.4, -0.2) is 33.5 Å². The highest BCUT2D eigenvalue weighted by Gasteiger charge is 2.35. The molecule has 2 amide bonds. The fraction of sp³-hybridized carbons (Fsp3) is 0.346. The van der Waals surface area contributed by atoms with Crippen molar-refractivity contribution in [2.24, 2.45) is 0 Å². The van der Waals surface area contributed by atoms with Gasteiger partial charge in [-0.3, -0.25) is 14.7 Å². The first-order valence-electron chi connectivity index (χ1n) is 11.9. The molecule has 0 radical (unpaired) electrons. The number of hydrogen-bond donors (Lipinski definition) is 2. The largest absolute Gasteiger partial charge is 0.416 e. The van der Waals surface area contributed by atoms with E-state index in [1.54, 1.807) is 6.92 Å². The van der Waals surface area contributed by atoms with Crippen molar-refractivity contribution in [2.45, 2.75) is 51.1 Å². The lowest BCUT2D eigenvalue weighted by Crippen LogP contribution is -2.38. The number of amides is 2. The lowest BCUT2D eigenvalue weighted by Gasteiger charge is -2.28. The number of nitrogens with one attached hydrogen (secondary N) is 2. The van der Waals surface area contributed by atoms with Crippen LogP contribution in [0.1, 0.15) is 63.4 Å². The molecule has 1 aliphatic heterocycles. The average Bonchev–Trinajstić information content (AvgIpc) is 3.30. The van der Waals surface area contributed by atoms with Crippen molar-refractivity contribution in [2.75, 3.05) is 6.54 Å². The van der Waals surface area contributed by atoms with Crippen molar-refractivity contribution in [3.8, 4) is 0 Å². The molecule has 0 saturated carbocycles. The number of carbonyl (C=O) groups excluding carboxylic acids is 2. The van der Waals surface area contributed by atoms with E-state index in [0.717, 1.165) is 18.2 Å². The summed E-state index contributed by atoms with van der Waals surface area (Å²) in [5.74, 6) is -1.17. The fourth-order valence-electron chi connectivity index (χ4n) is 4.50. The van der Waals surface area contributed by atoms with E-state index in [4.69, 9.17) is 0 Å². The zero-order valence-electron chi connectivity index (χ0n) is 20.2. The lowest BCUT2D eigenvalue weighted by molar-refractivity contribution is -0.139. The highest BCUT2D eigenvalue weighted by atomic mass is 19.4. The minimum Gasteiger partial charge on any atom is -0.344 e. The summed E-state index contributed by atoms with van der Waals surface area (Å²) in [5.41, 5.74) is -0.561. The van der Waals surface area contributed by atoms with Crippen LogP contribution in [0.3, 0.4) is 0 Å². The van der Waals surface area contributed by atoms with Gasteiger partial charge in [0.2, 0.25) is 5.91 Å². The second-order valence-corrected chi connectivity index (χ2v) is 8.98. The first-order valence-corrected chi connectivity index (χ1v) is 11.9. The van der Waals surface area contributed by atoms with Gasteiger partial charge in [-0.05, 0) is 35.7 Å². The number of rotatable bonds is 6. The molecule has 0 bridgehead atoms. The van der Waals surface area contributed by atoms with Gasteiger partial charge < -0.3 is 10.2 Å². The van der Waals surface area contributed by atoms with E-state index >= 15 is 0 Å². The number of alkyl halides is 6. The third kappa shape index (κ3) is 5.84. The normalized spacial score (nSPS) is 14.7. The lowest BCUT2D eigenvalue weighted by atomic mass is 10.00. The van der Waals surface area contributed by atoms with E-state index in [9.17, 15) is 35.9 Å². The van der Waals surface area contributed by atoms with Gasteiger partial charge in [-0.2, -0.15) is 31.4 Å². The summed E-state index contributed by atoms with van der Waals surface area (Å²) < 4.78 is 79.4. The number of nitrogens with zero attached hydrogens (tertiary/aromatic N) is 2. The molecule has 0 aliphatic carbocycles. The SMILES string of the molecule is CCC(NC(=O)c1n[nH]c2c1CN(C(=O)Cc1ccccc1C(F)(F)F)CC2)c1cccc(C(F)(F)F)c1. The van der Waals surface area contributed by atoms with E-state index in [1.165, 1.54) is 35.2 Å². The smallest absolute Gasteiger partial charge is 0.344 e. The molecule has 1 aliphatic rings. The highest BCUT2D eigenvalue weighted by molar-refractivity contribution is 5.94. The summed E-state index contributed by atoms with van der Waals surface area (Å²) in [7, 11) is 0. The van der Waals surface area contributed by atoms with Gasteiger partial charge in [-0.1, -0.05) is 37.3 Å². The Labute approximate surface area is 214 Å². The van der Waals surface area contributed by atoms with E-state index in [2.05, 4.69) is 15.5 Å². The predicted molar refractivity (Wildman–Crippen MR) is 125 cm³/mol. The third-order valence-electron chi connectivity index (χ3n) is 6.50. The van der Waals surface area contributed by atoms with Crippen LogP contribution in [0, 0.1) is 0 Å². The van der Waals surface area contributed by atoms with Crippen LogP contribution in [0.5, 0.6) is 0 Å². The molecule has 2 aromatic carbocycles. The Morgan fingerprint density at radius 3 is 2.47 bits per heavy atom. The standard InChI is InChI=1S/C26H24F6N4O2/c1-2-20(16-7-5-8-17(12-16)25(27,28)29)33-24(38)23-18-14-36(11-10-21(18)34-35-23)22(37)13-15-6-3-4-9-19(15)26(30,31)32/h3-9,12,20H,2,10-11,13-14H2,1H3,(H,33,38)(H,34,35). The zero-order valence-corrected chi connectivity index (χ0v) is 20.2. The van der Waals surface area contributed by atoms with E-state index in [1.807, 2.05) is 0 Å². The summed E-state index contributed by atoms with van der Waals surface area (Å²) in [6, 6.07) is 8.82. The van der Waals surface area contributed by atoms with Crippen LogP contribution < -0.4 is 5.32 Å². The van der Waals surface area contributed by atoms with Crippen LogP contribution in [0.2, 0.25) is 0 Å². The van der Waals surface area contributed by atoms with Gasteiger partial charge in [0.15, 0.2) is 5.69 Å². The zero-order chi connectivity index (χ0) is 27.7. The van der Waals surface area contributed by atoms with Gasteiger partial charge in [-0.25, -0.2) is 0 Å². The van der Waals surface area contributed by atoms with Crippen molar-refractivity contribution in [3.05, 3.63) is 87.7 Å². The van der Waals surface area contributed by atoms with Gasteiger partial charge in [0.25, 0.3) is 5.91 Å². The monoisotopic (exact) mass is 538 g/mol. The number of carbonyl (C=O) groups is 2. The first kappa shape index (κ1) is 27.2. The Morgan fingerprint density at radius 2 is 1.79 bits per heavy atom. The molecule has 38 heavy (non-hydrogen) atoms. The summed E-state index contributed by atoms with van der Waals surface area (Å²) in [5, 5.41) is 9.52. The maximum atomic E-state index is 13.3. The molecule has 2 N–H and O–H groups in total. The number of halogens is 6. The molecule has 3 aromatic rings. The van der Waals surface area contributed by atoms with Crippen molar-refractivity contribution >= 4 is 11.8 Å². The second kappa shape index (κ2) is 10.5. The Morgan fingerprint density at radius 1 is 1.05 bits per heavy atom. The van der Waals surface area contributed by atoms with E-state index in [-0.39, 0.29) is 29.9 Å². The summed E-state index contributed by atoms with van der Waals surface area (Å²) in [6.07, 6.45) is -8.97. The maximum Gasteiger partial charge on any atom is 0.416 e. The molecule has 6 nitrogen and oxygen atoms in total. The molecular weight excluding hydrogens is 514 g/mol. The Kier molecular flexibility index (Phi) is 7.52. The molecule has 4 rings (SSSR count). The van der Waals surface area contributed by atoms with Crippen LogP contribution in [0.15, 0.2) is 48.5 Å². The molecule has 0 fully saturated rings. The number of fused-ring (bicyclic) bond motifs is 1. The fourth-order valence-corrected chi connectivity index (χ4v) is 4.50. The number of H-pyrrole nitrogens is 1. The quantitative estimate of drug-likeness (QED) is 0.410. The van der Waals surface area contributed by atoms with Crippen LogP contribution in [-0.2, 0) is 36.5 Å². The molecule has 0 spiro atoms. The number of benzene rings is 2.